The Morgan fingerprint density at radius 2 is 1.86 bits per heavy atom. The van der Waals surface area contributed by atoms with Gasteiger partial charge in [-0.3, -0.25) is 0 Å². The van der Waals surface area contributed by atoms with Gasteiger partial charge in [0.2, 0.25) is 0 Å². The van der Waals surface area contributed by atoms with Gasteiger partial charge in [0.15, 0.2) is 0 Å². The van der Waals surface area contributed by atoms with Crippen LogP contribution in [0.3, 0.4) is 0 Å². The van der Waals surface area contributed by atoms with E-state index in [4.69, 9.17) is 0 Å². The highest BCUT2D eigenvalue weighted by Crippen LogP contribution is 2.47. The monoisotopic (exact) mass is 395 g/mol. The van der Waals surface area contributed by atoms with Gasteiger partial charge >= 0.3 is 0 Å². The number of hydrogen-bond donors (Lipinski definition) is 1. The Morgan fingerprint density at radius 3 is 2.48 bits per heavy atom. The molecule has 4 nitrogen and oxygen atoms in total. The Bertz CT molecular complexity index is 1050. The number of rotatable bonds is 7. The van der Waals surface area contributed by atoms with Crippen molar-refractivity contribution in [2.45, 2.75) is 37.6 Å². The Labute approximate surface area is 167 Å². The lowest BCUT2D eigenvalue weighted by Crippen LogP contribution is -2.34. The summed E-state index contributed by atoms with van der Waals surface area (Å²) in [6.45, 7) is 0. The van der Waals surface area contributed by atoms with Gasteiger partial charge in [-0.2, -0.15) is 0 Å². The van der Waals surface area contributed by atoms with Crippen molar-refractivity contribution in [3.05, 3.63) is 59.4 Å². The zero-order chi connectivity index (χ0) is 20.1. The molecule has 0 saturated heterocycles. The van der Waals surface area contributed by atoms with Gasteiger partial charge in [-0.15, -0.1) is 0 Å². The lowest BCUT2D eigenvalue weighted by atomic mass is 9.87. The minimum Gasteiger partial charge on any atom is -0.367 e. The van der Waals surface area contributed by atoms with E-state index >= 15 is 8.78 Å². The van der Waals surface area contributed by atoms with Gasteiger partial charge in [0.05, 0.1) is 23.4 Å². The number of anilines is 1. The molecular formula is C23H23F2N3O. The molecule has 2 saturated carbocycles. The molecule has 2 atom stereocenters. The number of aldehydes is 1. The summed E-state index contributed by atoms with van der Waals surface area (Å²) in [5, 5.41) is 0. The van der Waals surface area contributed by atoms with Gasteiger partial charge in [0, 0.05) is 24.2 Å². The lowest BCUT2D eigenvalue weighted by Gasteiger charge is -2.35. The predicted molar refractivity (Wildman–Crippen MR) is 108 cm³/mol. The molecule has 0 unspecified atom stereocenters. The summed E-state index contributed by atoms with van der Waals surface area (Å²) in [5.74, 6) is -1.16. The highest BCUT2D eigenvalue weighted by molar-refractivity contribution is 5.79. The maximum atomic E-state index is 15.2. The molecule has 29 heavy (non-hydrogen) atoms. The van der Waals surface area contributed by atoms with Gasteiger partial charge < -0.3 is 14.7 Å². The minimum absolute atomic E-state index is 0.0111. The van der Waals surface area contributed by atoms with Crippen LogP contribution in [0, 0.1) is 23.5 Å². The standard InChI is InChI=1S/C23H23F2N3O/c1-28(16-6-7-20-21(10-16)27-12-26-20)23(17(11-29)14-4-5-14)22-18(24)8-15(9-19(22)25)13-2-3-13/h6-14,17,23H,2-5H2,1H3,(H,26,27)/t17-,23-/m1/s1. The molecule has 5 rings (SSSR count). The Morgan fingerprint density at radius 1 is 1.14 bits per heavy atom. The number of halogens is 2. The third-order valence-electron chi connectivity index (χ3n) is 6.36. The summed E-state index contributed by atoms with van der Waals surface area (Å²) >= 11 is 0. The molecule has 0 bridgehead atoms. The van der Waals surface area contributed by atoms with E-state index in [0.29, 0.717) is 0 Å². The third-order valence-corrected chi connectivity index (χ3v) is 6.36. The van der Waals surface area contributed by atoms with Crippen LogP contribution in [0.5, 0.6) is 0 Å². The highest BCUT2D eigenvalue weighted by Gasteiger charge is 2.42. The first-order chi connectivity index (χ1) is 14.1. The molecule has 1 aromatic heterocycles. The molecule has 1 heterocycles. The van der Waals surface area contributed by atoms with E-state index in [1.807, 2.05) is 23.1 Å². The molecule has 2 fully saturated rings. The van der Waals surface area contributed by atoms with Crippen molar-refractivity contribution >= 4 is 23.0 Å². The number of aromatic amines is 1. The van der Waals surface area contributed by atoms with Crippen LogP contribution in [0.1, 0.15) is 48.8 Å². The second-order valence-corrected chi connectivity index (χ2v) is 8.38. The van der Waals surface area contributed by atoms with Crippen molar-refractivity contribution in [1.29, 1.82) is 0 Å². The number of fused-ring (bicyclic) bond motifs is 1. The second kappa shape index (κ2) is 6.94. The molecule has 0 spiro atoms. The van der Waals surface area contributed by atoms with Crippen LogP contribution in [0.4, 0.5) is 14.5 Å². The topological polar surface area (TPSA) is 49.0 Å². The summed E-state index contributed by atoms with van der Waals surface area (Å²) in [6.07, 6.45) is 6.26. The van der Waals surface area contributed by atoms with Gasteiger partial charge in [-0.25, -0.2) is 13.8 Å². The van der Waals surface area contributed by atoms with E-state index in [1.54, 1.807) is 13.4 Å². The first-order valence-corrected chi connectivity index (χ1v) is 10.2. The van der Waals surface area contributed by atoms with E-state index in [0.717, 1.165) is 54.3 Å². The fourth-order valence-corrected chi connectivity index (χ4v) is 4.41. The molecular weight excluding hydrogens is 372 g/mol. The number of carbonyl (C=O) groups excluding carboxylic acids is 1. The van der Waals surface area contributed by atoms with E-state index in [9.17, 15) is 4.79 Å². The number of nitrogens with zero attached hydrogens (tertiary/aromatic N) is 2. The molecule has 0 amide bonds. The highest BCUT2D eigenvalue weighted by atomic mass is 19.1. The Kier molecular flexibility index (Phi) is 4.37. The smallest absolute Gasteiger partial charge is 0.131 e. The molecule has 1 N–H and O–H groups in total. The number of imidazole rings is 1. The number of carbonyl (C=O) groups is 1. The molecule has 0 aliphatic heterocycles. The molecule has 6 heteroatoms. The normalized spacial score (nSPS) is 18.6. The van der Waals surface area contributed by atoms with E-state index in [1.165, 1.54) is 12.1 Å². The first-order valence-electron chi connectivity index (χ1n) is 10.2. The summed E-state index contributed by atoms with van der Waals surface area (Å²) in [6, 6.07) is 7.87. The molecule has 2 aliphatic carbocycles. The van der Waals surface area contributed by atoms with Crippen molar-refractivity contribution in [3.63, 3.8) is 0 Å². The van der Waals surface area contributed by atoms with E-state index in [-0.39, 0.29) is 17.4 Å². The van der Waals surface area contributed by atoms with Crippen LogP contribution in [-0.2, 0) is 4.79 Å². The maximum Gasteiger partial charge on any atom is 0.131 e. The SMILES string of the molecule is CN(c1ccc2[nH]cnc2c1)[C@@H](c1c(F)cc(C2CC2)cc1F)[C@H](C=O)C1CC1. The van der Waals surface area contributed by atoms with Gasteiger partial charge in [0.1, 0.15) is 17.9 Å². The average molecular weight is 395 g/mol. The maximum absolute atomic E-state index is 15.2. The van der Waals surface area contributed by atoms with E-state index in [2.05, 4.69) is 9.97 Å². The fourth-order valence-electron chi connectivity index (χ4n) is 4.41. The average Bonchev–Trinajstić information content (AvgIpc) is 3.63. The Hall–Kier alpha value is -2.76. The fraction of sp³-hybridized carbons (Fsp3) is 0.391. The summed E-state index contributed by atoms with van der Waals surface area (Å²) in [5.41, 5.74) is 3.14. The summed E-state index contributed by atoms with van der Waals surface area (Å²) < 4.78 is 30.4. The number of benzene rings is 2. The zero-order valence-electron chi connectivity index (χ0n) is 16.2. The van der Waals surface area contributed by atoms with Gasteiger partial charge in [-0.05, 0) is 73.4 Å². The van der Waals surface area contributed by atoms with Crippen molar-refractivity contribution in [1.82, 2.24) is 9.97 Å². The van der Waals surface area contributed by atoms with Crippen molar-refractivity contribution in [2.24, 2.45) is 11.8 Å². The quantitative estimate of drug-likeness (QED) is 0.565. The first kappa shape index (κ1) is 18.3. The third kappa shape index (κ3) is 3.30. The van der Waals surface area contributed by atoms with Crippen molar-refractivity contribution in [2.75, 3.05) is 11.9 Å². The van der Waals surface area contributed by atoms with Crippen LogP contribution < -0.4 is 4.90 Å². The van der Waals surface area contributed by atoms with Crippen LogP contribution in [0.25, 0.3) is 11.0 Å². The van der Waals surface area contributed by atoms with Gasteiger partial charge in [0.25, 0.3) is 0 Å². The van der Waals surface area contributed by atoms with Crippen LogP contribution in [-0.4, -0.2) is 23.3 Å². The molecule has 2 aliphatic rings. The van der Waals surface area contributed by atoms with Crippen LogP contribution in [0.15, 0.2) is 36.7 Å². The second-order valence-electron chi connectivity index (χ2n) is 8.38. The zero-order valence-corrected chi connectivity index (χ0v) is 16.2. The van der Waals surface area contributed by atoms with Gasteiger partial charge in [-0.1, -0.05) is 0 Å². The largest absolute Gasteiger partial charge is 0.367 e. The predicted octanol–water partition coefficient (Wildman–Crippen LogP) is 5.12. The van der Waals surface area contributed by atoms with Crippen LogP contribution >= 0.6 is 0 Å². The number of nitrogens with one attached hydrogen (secondary N) is 1. The number of H-pyrrole nitrogens is 1. The minimum atomic E-state index is -0.704. The van der Waals surface area contributed by atoms with E-state index < -0.39 is 23.6 Å². The van der Waals surface area contributed by atoms with Crippen LogP contribution in [0.2, 0.25) is 0 Å². The molecule has 3 aromatic rings. The number of aromatic nitrogens is 2. The van der Waals surface area contributed by atoms with Crippen molar-refractivity contribution < 1.29 is 13.6 Å². The molecule has 2 aromatic carbocycles. The number of hydrogen-bond acceptors (Lipinski definition) is 3. The summed E-state index contributed by atoms with van der Waals surface area (Å²) in [7, 11) is 1.80. The van der Waals surface area contributed by atoms with Crippen molar-refractivity contribution in [3.8, 4) is 0 Å². The Balaban J connectivity index is 1.60. The molecule has 150 valence electrons. The lowest BCUT2D eigenvalue weighted by molar-refractivity contribution is -0.112. The summed E-state index contributed by atoms with van der Waals surface area (Å²) in [4.78, 5) is 21.2. The molecule has 0 radical (unpaired) electrons.